The quantitative estimate of drug-likeness (QED) is 0.772. The molecule has 0 bridgehead atoms. The Morgan fingerprint density at radius 3 is 2.71 bits per heavy atom. The lowest BCUT2D eigenvalue weighted by molar-refractivity contribution is -0.117. The maximum absolute atomic E-state index is 12.4. The number of nitrogens with zero attached hydrogens (tertiary/aromatic N) is 3. The van der Waals surface area contributed by atoms with Crippen molar-refractivity contribution < 1.29 is 4.79 Å². The molecule has 2 aromatic heterocycles. The fourth-order valence-corrected chi connectivity index (χ4v) is 2.34. The average molecular weight is 292 g/mol. The van der Waals surface area contributed by atoms with Crippen LogP contribution in [0.1, 0.15) is 39.5 Å². The molecule has 0 fully saturated rings. The van der Waals surface area contributed by atoms with E-state index in [9.17, 15) is 14.4 Å². The van der Waals surface area contributed by atoms with Gasteiger partial charge in [0.15, 0.2) is 11.2 Å². The molecule has 0 atom stereocenters. The van der Waals surface area contributed by atoms with E-state index in [1.165, 1.54) is 11.5 Å². The zero-order valence-electron chi connectivity index (χ0n) is 12.4. The van der Waals surface area contributed by atoms with Crippen molar-refractivity contribution in [3.8, 4) is 0 Å². The summed E-state index contributed by atoms with van der Waals surface area (Å²) in [6.45, 7) is 4.54. The molecule has 0 aliphatic heterocycles. The van der Waals surface area contributed by atoms with Crippen molar-refractivity contribution >= 4 is 16.9 Å². The normalized spacial score (nSPS) is 11.1. The predicted molar refractivity (Wildman–Crippen MR) is 79.4 cm³/mol. The smallest absolute Gasteiger partial charge is 0.325 e. The van der Waals surface area contributed by atoms with Crippen molar-refractivity contribution in [1.29, 1.82) is 0 Å². The van der Waals surface area contributed by atoms with E-state index in [0.717, 1.165) is 6.42 Å². The number of carbonyl (C=O) groups is 1. The maximum atomic E-state index is 12.4. The summed E-state index contributed by atoms with van der Waals surface area (Å²) in [6.07, 6.45) is 4.22. The van der Waals surface area contributed by atoms with Crippen molar-refractivity contribution in [3.63, 3.8) is 0 Å². The van der Waals surface area contributed by atoms with Crippen LogP contribution in [0.15, 0.2) is 15.9 Å². The van der Waals surface area contributed by atoms with E-state index in [4.69, 9.17) is 0 Å². The van der Waals surface area contributed by atoms with Gasteiger partial charge in [0.1, 0.15) is 5.78 Å². The minimum Gasteiger partial charge on any atom is -0.325 e. The molecule has 0 spiro atoms. The number of hydrogen-bond acceptors (Lipinski definition) is 4. The second-order valence-electron chi connectivity index (χ2n) is 5.18. The Kier molecular flexibility index (Phi) is 4.72. The number of aromatic nitrogens is 4. The van der Waals surface area contributed by atoms with Gasteiger partial charge < -0.3 is 9.36 Å². The number of hydrogen-bond donors (Lipinski definition) is 1. The number of H-pyrrole nitrogens is 1. The molecule has 114 valence electrons. The zero-order valence-corrected chi connectivity index (χ0v) is 12.4. The van der Waals surface area contributed by atoms with Crippen LogP contribution in [0.4, 0.5) is 0 Å². The van der Waals surface area contributed by atoms with Crippen molar-refractivity contribution in [3.05, 3.63) is 27.2 Å². The van der Waals surface area contributed by atoms with Gasteiger partial charge in [0.25, 0.3) is 5.56 Å². The van der Waals surface area contributed by atoms with E-state index in [1.807, 2.05) is 6.92 Å². The van der Waals surface area contributed by atoms with Gasteiger partial charge in [-0.25, -0.2) is 9.78 Å². The van der Waals surface area contributed by atoms with Gasteiger partial charge in [-0.05, 0) is 26.2 Å². The number of rotatable bonds is 7. The lowest BCUT2D eigenvalue weighted by atomic mass is 10.2. The highest BCUT2D eigenvalue weighted by Crippen LogP contribution is 2.05. The second-order valence-corrected chi connectivity index (χ2v) is 5.18. The van der Waals surface area contributed by atoms with Crippen molar-refractivity contribution in [2.24, 2.45) is 0 Å². The van der Waals surface area contributed by atoms with Crippen LogP contribution in [-0.2, 0) is 17.9 Å². The SMILES string of the molecule is CCCn1cnc2[nH]c(=O)n(CCCCC(C)=O)c(=O)c21. The highest BCUT2D eigenvalue weighted by Gasteiger charge is 2.12. The van der Waals surface area contributed by atoms with Gasteiger partial charge in [-0.2, -0.15) is 0 Å². The largest absolute Gasteiger partial charge is 0.330 e. The highest BCUT2D eigenvalue weighted by atomic mass is 16.2. The first-order valence-corrected chi connectivity index (χ1v) is 7.22. The molecule has 0 aliphatic carbocycles. The van der Waals surface area contributed by atoms with Crippen molar-refractivity contribution in [1.82, 2.24) is 19.1 Å². The Morgan fingerprint density at radius 2 is 2.05 bits per heavy atom. The van der Waals surface area contributed by atoms with Gasteiger partial charge in [0.2, 0.25) is 0 Å². The Balaban J connectivity index is 2.30. The number of aryl methyl sites for hydroxylation is 1. The van der Waals surface area contributed by atoms with Crippen molar-refractivity contribution in [2.45, 2.75) is 52.6 Å². The van der Waals surface area contributed by atoms with Crippen LogP contribution in [0.25, 0.3) is 11.2 Å². The highest BCUT2D eigenvalue weighted by molar-refractivity contribution is 5.75. The summed E-state index contributed by atoms with van der Waals surface area (Å²) in [7, 11) is 0. The van der Waals surface area contributed by atoms with E-state index in [2.05, 4.69) is 9.97 Å². The molecular formula is C14H20N4O3. The summed E-state index contributed by atoms with van der Waals surface area (Å²) in [5.41, 5.74) is 0.000974. The number of nitrogens with one attached hydrogen (secondary N) is 1. The molecule has 0 amide bonds. The van der Waals surface area contributed by atoms with Gasteiger partial charge in [-0.1, -0.05) is 6.92 Å². The number of fused-ring (bicyclic) bond motifs is 1. The average Bonchev–Trinajstić information content (AvgIpc) is 2.81. The number of unbranched alkanes of at least 4 members (excludes halogenated alkanes) is 1. The molecule has 21 heavy (non-hydrogen) atoms. The first-order chi connectivity index (χ1) is 10.0. The number of Topliss-reactive ketones (excluding diaryl/α,β-unsaturated/α-hetero) is 1. The predicted octanol–water partition coefficient (Wildman–Crippen LogP) is 1.06. The molecule has 0 saturated carbocycles. The lowest BCUT2D eigenvalue weighted by Crippen LogP contribution is -2.35. The Labute approximate surface area is 121 Å². The second kappa shape index (κ2) is 6.51. The van der Waals surface area contributed by atoms with Crippen LogP contribution in [-0.4, -0.2) is 24.9 Å². The first-order valence-electron chi connectivity index (χ1n) is 7.22. The minimum absolute atomic E-state index is 0.118. The lowest BCUT2D eigenvalue weighted by Gasteiger charge is -2.06. The molecule has 7 nitrogen and oxygen atoms in total. The van der Waals surface area contributed by atoms with Crippen LogP contribution < -0.4 is 11.2 Å². The summed E-state index contributed by atoms with van der Waals surface area (Å²) in [5.74, 6) is 0.118. The molecule has 7 heteroatoms. The number of imidazole rings is 1. The molecule has 0 aliphatic rings. The Morgan fingerprint density at radius 1 is 1.29 bits per heavy atom. The third-order valence-corrected chi connectivity index (χ3v) is 3.38. The summed E-state index contributed by atoms with van der Waals surface area (Å²) in [6, 6.07) is 0. The zero-order chi connectivity index (χ0) is 15.4. The van der Waals surface area contributed by atoms with Gasteiger partial charge in [-0.15, -0.1) is 0 Å². The van der Waals surface area contributed by atoms with Crippen molar-refractivity contribution in [2.75, 3.05) is 0 Å². The van der Waals surface area contributed by atoms with E-state index >= 15 is 0 Å². The minimum atomic E-state index is -0.447. The van der Waals surface area contributed by atoms with Crippen LogP contribution in [0.3, 0.4) is 0 Å². The molecule has 0 saturated heterocycles. The van der Waals surface area contributed by atoms with Gasteiger partial charge in [0.05, 0.1) is 6.33 Å². The molecule has 0 unspecified atom stereocenters. The van der Waals surface area contributed by atoms with E-state index in [0.29, 0.717) is 43.5 Å². The van der Waals surface area contributed by atoms with Gasteiger partial charge >= 0.3 is 5.69 Å². The number of aromatic amines is 1. The summed E-state index contributed by atoms with van der Waals surface area (Å²) in [4.78, 5) is 42.0. The van der Waals surface area contributed by atoms with Gasteiger partial charge in [-0.3, -0.25) is 14.3 Å². The molecule has 2 aromatic rings. The van der Waals surface area contributed by atoms with Crippen LogP contribution in [0.2, 0.25) is 0 Å². The first kappa shape index (κ1) is 15.2. The standard InChI is InChI=1S/C14H20N4O3/c1-3-7-17-9-15-12-11(17)13(20)18(14(21)16-12)8-5-4-6-10(2)19/h9H,3-8H2,1-2H3,(H,16,21). The summed E-state index contributed by atoms with van der Waals surface area (Å²) < 4.78 is 2.95. The van der Waals surface area contributed by atoms with Crippen LogP contribution >= 0.6 is 0 Å². The number of carbonyl (C=O) groups excluding carboxylic acids is 1. The summed E-state index contributed by atoms with van der Waals surface area (Å²) >= 11 is 0. The molecule has 0 aromatic carbocycles. The third kappa shape index (κ3) is 3.29. The van der Waals surface area contributed by atoms with Crippen LogP contribution in [0, 0.1) is 0 Å². The molecule has 0 radical (unpaired) electrons. The Hall–Kier alpha value is -2.18. The molecule has 2 heterocycles. The molecular weight excluding hydrogens is 272 g/mol. The van der Waals surface area contributed by atoms with E-state index < -0.39 is 5.69 Å². The molecule has 2 rings (SSSR count). The maximum Gasteiger partial charge on any atom is 0.330 e. The van der Waals surface area contributed by atoms with E-state index in [1.54, 1.807) is 10.9 Å². The fraction of sp³-hybridized carbons (Fsp3) is 0.571. The van der Waals surface area contributed by atoms with Gasteiger partial charge in [0, 0.05) is 19.5 Å². The topological polar surface area (TPSA) is 89.8 Å². The summed E-state index contributed by atoms with van der Waals surface area (Å²) in [5, 5.41) is 0. The Bertz CT molecular complexity index is 754. The van der Waals surface area contributed by atoms with E-state index in [-0.39, 0.29) is 11.3 Å². The van der Waals surface area contributed by atoms with Crippen LogP contribution in [0.5, 0.6) is 0 Å². The number of ketones is 1. The monoisotopic (exact) mass is 292 g/mol. The molecule has 1 N–H and O–H groups in total. The fourth-order valence-electron chi connectivity index (χ4n) is 2.34. The third-order valence-electron chi connectivity index (χ3n) is 3.38.